The summed E-state index contributed by atoms with van der Waals surface area (Å²) < 4.78 is 17.0. The van der Waals surface area contributed by atoms with Crippen molar-refractivity contribution >= 4 is 0 Å². The molecule has 2 fully saturated rings. The molecule has 0 aromatic rings. The van der Waals surface area contributed by atoms with Gasteiger partial charge in [-0.05, 0) is 37.5 Å². The molecule has 2 saturated carbocycles. The zero-order valence-electron chi connectivity index (χ0n) is 12.5. The minimum absolute atomic E-state index is 0.0580. The van der Waals surface area contributed by atoms with Gasteiger partial charge in [0.05, 0.1) is 31.5 Å². The van der Waals surface area contributed by atoms with Gasteiger partial charge in [-0.15, -0.1) is 0 Å². The number of nitrogens with two attached hydrogens (primary N) is 1. The molecule has 0 amide bonds. The number of methoxy groups -OCH3 is 1. The predicted octanol–water partition coefficient (Wildman–Crippen LogP) is 1.96. The molecule has 5 atom stereocenters. The van der Waals surface area contributed by atoms with Crippen LogP contribution >= 0.6 is 0 Å². The lowest BCUT2D eigenvalue weighted by atomic mass is 9.80. The standard InChI is InChI=1S/C15H29NO3/c1-10-6-11(2)8-12(7-10)19-14-9-13(16)15(14)18-5-4-17-3/h10-15H,4-9,16H2,1-3H3. The highest BCUT2D eigenvalue weighted by molar-refractivity contribution is 4.96. The molecule has 0 radical (unpaired) electrons. The van der Waals surface area contributed by atoms with Gasteiger partial charge in [0.15, 0.2) is 0 Å². The molecular weight excluding hydrogens is 242 g/mol. The number of hydrogen-bond donors (Lipinski definition) is 1. The molecule has 0 bridgehead atoms. The Kier molecular flexibility index (Phi) is 5.63. The van der Waals surface area contributed by atoms with Crippen LogP contribution in [0.4, 0.5) is 0 Å². The summed E-state index contributed by atoms with van der Waals surface area (Å²) in [6.45, 7) is 5.87. The van der Waals surface area contributed by atoms with E-state index in [0.717, 1.165) is 18.3 Å². The van der Waals surface area contributed by atoms with E-state index in [2.05, 4.69) is 13.8 Å². The van der Waals surface area contributed by atoms with Crippen LogP contribution in [-0.2, 0) is 14.2 Å². The lowest BCUT2D eigenvalue weighted by Crippen LogP contribution is -2.59. The normalized spacial score (nSPS) is 42.9. The second kappa shape index (κ2) is 7.02. The maximum atomic E-state index is 6.24. The van der Waals surface area contributed by atoms with Gasteiger partial charge in [-0.25, -0.2) is 0 Å². The van der Waals surface area contributed by atoms with Gasteiger partial charge in [0.2, 0.25) is 0 Å². The lowest BCUT2D eigenvalue weighted by Gasteiger charge is -2.45. The third-order valence-electron chi connectivity index (χ3n) is 4.39. The summed E-state index contributed by atoms with van der Waals surface area (Å²) in [4.78, 5) is 0. The zero-order chi connectivity index (χ0) is 13.8. The molecule has 0 aromatic carbocycles. The molecule has 0 aromatic heterocycles. The Hall–Kier alpha value is -0.160. The number of hydrogen-bond acceptors (Lipinski definition) is 4. The van der Waals surface area contributed by atoms with E-state index in [1.54, 1.807) is 7.11 Å². The van der Waals surface area contributed by atoms with Crippen molar-refractivity contribution < 1.29 is 14.2 Å². The van der Waals surface area contributed by atoms with Crippen LogP contribution < -0.4 is 5.73 Å². The Morgan fingerprint density at radius 1 is 1.00 bits per heavy atom. The molecule has 19 heavy (non-hydrogen) atoms. The predicted molar refractivity (Wildman–Crippen MR) is 75.0 cm³/mol. The van der Waals surface area contributed by atoms with Crippen molar-refractivity contribution in [2.24, 2.45) is 17.6 Å². The smallest absolute Gasteiger partial charge is 0.0989 e. The van der Waals surface area contributed by atoms with Crippen LogP contribution in [0.1, 0.15) is 39.5 Å². The monoisotopic (exact) mass is 271 g/mol. The average molecular weight is 271 g/mol. The summed E-state index contributed by atoms with van der Waals surface area (Å²) in [5.74, 6) is 1.55. The molecule has 0 heterocycles. The van der Waals surface area contributed by atoms with Gasteiger partial charge in [0.1, 0.15) is 0 Å². The summed E-state index contributed by atoms with van der Waals surface area (Å²) in [7, 11) is 1.68. The third-order valence-corrected chi connectivity index (χ3v) is 4.39. The summed E-state index contributed by atoms with van der Waals surface area (Å²) in [6.07, 6.45) is 5.26. The van der Waals surface area contributed by atoms with Gasteiger partial charge in [-0.3, -0.25) is 0 Å². The largest absolute Gasteiger partial charge is 0.382 e. The van der Waals surface area contributed by atoms with Gasteiger partial charge in [0.25, 0.3) is 0 Å². The van der Waals surface area contributed by atoms with Crippen molar-refractivity contribution in [2.75, 3.05) is 20.3 Å². The van der Waals surface area contributed by atoms with Crippen LogP contribution in [0, 0.1) is 11.8 Å². The summed E-state index contributed by atoms with van der Waals surface area (Å²) in [5, 5.41) is 0. The van der Waals surface area contributed by atoms with Crippen LogP contribution in [0.3, 0.4) is 0 Å². The molecule has 2 aliphatic rings. The molecule has 5 unspecified atom stereocenters. The minimum atomic E-state index is 0.0580. The number of rotatable bonds is 6. The van der Waals surface area contributed by atoms with Crippen molar-refractivity contribution in [3.63, 3.8) is 0 Å². The van der Waals surface area contributed by atoms with E-state index in [1.165, 1.54) is 19.3 Å². The first kappa shape index (κ1) is 15.2. The Balaban J connectivity index is 1.75. The van der Waals surface area contributed by atoms with Gasteiger partial charge in [-0.1, -0.05) is 13.8 Å². The zero-order valence-corrected chi connectivity index (χ0v) is 12.5. The molecule has 2 N–H and O–H groups in total. The van der Waals surface area contributed by atoms with E-state index < -0.39 is 0 Å². The highest BCUT2D eigenvalue weighted by Gasteiger charge is 2.42. The van der Waals surface area contributed by atoms with E-state index in [0.29, 0.717) is 19.3 Å². The van der Waals surface area contributed by atoms with E-state index in [-0.39, 0.29) is 18.2 Å². The van der Waals surface area contributed by atoms with Crippen molar-refractivity contribution in [1.82, 2.24) is 0 Å². The second-order valence-corrected chi connectivity index (χ2v) is 6.44. The van der Waals surface area contributed by atoms with Gasteiger partial charge >= 0.3 is 0 Å². The quantitative estimate of drug-likeness (QED) is 0.750. The molecule has 2 rings (SSSR count). The third kappa shape index (κ3) is 4.15. The molecule has 4 nitrogen and oxygen atoms in total. The van der Waals surface area contributed by atoms with E-state index in [9.17, 15) is 0 Å². The van der Waals surface area contributed by atoms with E-state index >= 15 is 0 Å². The summed E-state index contributed by atoms with van der Waals surface area (Å²) >= 11 is 0. The molecular formula is C15H29NO3. The van der Waals surface area contributed by atoms with Crippen molar-refractivity contribution in [1.29, 1.82) is 0 Å². The topological polar surface area (TPSA) is 53.7 Å². The van der Waals surface area contributed by atoms with Gasteiger partial charge in [-0.2, -0.15) is 0 Å². The van der Waals surface area contributed by atoms with E-state index in [1.807, 2.05) is 0 Å². The molecule has 4 heteroatoms. The molecule has 112 valence electrons. The van der Waals surface area contributed by atoms with Crippen LogP contribution in [0.2, 0.25) is 0 Å². The van der Waals surface area contributed by atoms with E-state index in [4.69, 9.17) is 19.9 Å². The minimum Gasteiger partial charge on any atom is -0.382 e. The SMILES string of the molecule is COCCOC1C(N)CC1OC1CC(C)CC(C)C1. The molecule has 0 spiro atoms. The maximum absolute atomic E-state index is 6.24. The van der Waals surface area contributed by atoms with Crippen molar-refractivity contribution in [2.45, 2.75) is 63.9 Å². The second-order valence-electron chi connectivity index (χ2n) is 6.44. The van der Waals surface area contributed by atoms with Crippen LogP contribution in [-0.4, -0.2) is 44.7 Å². The van der Waals surface area contributed by atoms with Crippen LogP contribution in [0.15, 0.2) is 0 Å². The summed E-state index contributed by atoms with van der Waals surface area (Å²) in [5.41, 5.74) is 6.01. The fourth-order valence-electron chi connectivity index (χ4n) is 3.48. The van der Waals surface area contributed by atoms with Crippen LogP contribution in [0.25, 0.3) is 0 Å². The fourth-order valence-corrected chi connectivity index (χ4v) is 3.48. The Labute approximate surface area is 117 Å². The first-order valence-corrected chi connectivity index (χ1v) is 7.61. The highest BCUT2D eigenvalue weighted by atomic mass is 16.6. The molecule has 2 aliphatic carbocycles. The van der Waals surface area contributed by atoms with Crippen LogP contribution in [0.5, 0.6) is 0 Å². The van der Waals surface area contributed by atoms with Crippen molar-refractivity contribution in [3.8, 4) is 0 Å². The fraction of sp³-hybridized carbons (Fsp3) is 1.00. The average Bonchev–Trinajstić information content (AvgIpc) is 2.33. The van der Waals surface area contributed by atoms with Gasteiger partial charge in [0, 0.05) is 13.2 Å². The van der Waals surface area contributed by atoms with Crippen molar-refractivity contribution in [3.05, 3.63) is 0 Å². The Morgan fingerprint density at radius 2 is 1.68 bits per heavy atom. The van der Waals surface area contributed by atoms with Gasteiger partial charge < -0.3 is 19.9 Å². The Bertz CT molecular complexity index is 264. The highest BCUT2D eigenvalue weighted by Crippen LogP contribution is 2.34. The molecule has 0 aliphatic heterocycles. The summed E-state index contributed by atoms with van der Waals surface area (Å²) in [6, 6.07) is 0.125. The number of ether oxygens (including phenoxy) is 3. The first-order valence-electron chi connectivity index (χ1n) is 7.61. The Morgan fingerprint density at radius 3 is 2.26 bits per heavy atom. The lowest BCUT2D eigenvalue weighted by molar-refractivity contribution is -0.174. The maximum Gasteiger partial charge on any atom is 0.0989 e. The first-order chi connectivity index (χ1) is 9.10. The molecule has 0 saturated heterocycles.